The molecule has 0 saturated heterocycles. The van der Waals surface area contributed by atoms with Gasteiger partial charge >= 0.3 is 0 Å². The van der Waals surface area contributed by atoms with Gasteiger partial charge in [-0.2, -0.15) is 0 Å². The third-order valence-electron chi connectivity index (χ3n) is 6.76. The normalized spacial score (nSPS) is 11.8. The molecule has 0 aromatic heterocycles. The van der Waals surface area contributed by atoms with E-state index in [0.29, 0.717) is 18.0 Å². The topological polar surface area (TPSA) is 96.0 Å². The molecular weight excluding hydrogens is 550 g/mol. The van der Waals surface area contributed by atoms with Gasteiger partial charge in [-0.05, 0) is 54.4 Å². The molecule has 0 saturated carbocycles. The number of likely N-dealkylation sites (N-methyl/N-ethyl adjacent to an activating group) is 1. The Morgan fingerprint density at radius 2 is 1.33 bits per heavy atom. The number of benzene rings is 4. The number of hydrogen-bond acceptors (Lipinski definition) is 5. The Balaban J connectivity index is 1.74. The van der Waals surface area contributed by atoms with Gasteiger partial charge in [0, 0.05) is 20.0 Å². The van der Waals surface area contributed by atoms with Crippen molar-refractivity contribution in [1.29, 1.82) is 0 Å². The molecule has 0 radical (unpaired) electrons. The molecular formula is C33H35N3O5S. The Hall–Kier alpha value is -4.63. The van der Waals surface area contributed by atoms with Crippen LogP contribution in [0.15, 0.2) is 120 Å². The van der Waals surface area contributed by atoms with Crippen molar-refractivity contribution in [3.8, 4) is 5.75 Å². The van der Waals surface area contributed by atoms with Crippen molar-refractivity contribution in [3.63, 3.8) is 0 Å². The van der Waals surface area contributed by atoms with Gasteiger partial charge in [0.15, 0.2) is 0 Å². The number of rotatable bonds is 13. The van der Waals surface area contributed by atoms with E-state index in [0.717, 1.165) is 15.4 Å². The van der Waals surface area contributed by atoms with E-state index in [1.54, 1.807) is 42.5 Å². The first-order chi connectivity index (χ1) is 20.3. The molecule has 218 valence electrons. The van der Waals surface area contributed by atoms with Crippen LogP contribution < -0.4 is 14.4 Å². The quantitative estimate of drug-likeness (QED) is 0.246. The van der Waals surface area contributed by atoms with Gasteiger partial charge in [-0.3, -0.25) is 13.9 Å². The third-order valence-corrected chi connectivity index (χ3v) is 8.55. The van der Waals surface area contributed by atoms with Gasteiger partial charge in [0.05, 0.1) is 17.2 Å². The van der Waals surface area contributed by atoms with Gasteiger partial charge in [0.1, 0.15) is 18.3 Å². The van der Waals surface area contributed by atoms with E-state index in [-0.39, 0.29) is 23.8 Å². The summed E-state index contributed by atoms with van der Waals surface area (Å²) in [4.78, 5) is 29.0. The molecule has 2 amide bonds. The summed E-state index contributed by atoms with van der Waals surface area (Å²) < 4.78 is 34.6. The summed E-state index contributed by atoms with van der Waals surface area (Å²) in [5.41, 5.74) is 2.02. The lowest BCUT2D eigenvalue weighted by molar-refractivity contribution is -0.139. The number of hydrogen-bond donors (Lipinski definition) is 1. The average molecular weight is 586 g/mol. The molecule has 0 bridgehead atoms. The van der Waals surface area contributed by atoms with Gasteiger partial charge in [0.2, 0.25) is 11.8 Å². The predicted molar refractivity (Wildman–Crippen MR) is 164 cm³/mol. The molecule has 0 aliphatic rings. The van der Waals surface area contributed by atoms with Gasteiger partial charge in [-0.25, -0.2) is 8.42 Å². The van der Waals surface area contributed by atoms with Gasteiger partial charge < -0.3 is 15.0 Å². The molecule has 4 rings (SSSR count). The highest BCUT2D eigenvalue weighted by atomic mass is 32.2. The first kappa shape index (κ1) is 30.3. The number of sulfonamides is 1. The maximum absolute atomic E-state index is 14.2. The highest BCUT2D eigenvalue weighted by Crippen LogP contribution is 2.26. The molecule has 0 fully saturated rings. The van der Waals surface area contributed by atoms with E-state index < -0.39 is 28.5 Å². The van der Waals surface area contributed by atoms with Crippen molar-refractivity contribution in [2.45, 2.75) is 30.8 Å². The smallest absolute Gasteiger partial charge is 0.264 e. The number of nitrogens with one attached hydrogen (secondary N) is 1. The summed E-state index contributed by atoms with van der Waals surface area (Å²) in [5, 5.41) is 2.69. The molecule has 4 aromatic carbocycles. The third kappa shape index (κ3) is 7.55. The minimum absolute atomic E-state index is 0.0179. The number of carbonyl (C=O) groups is 2. The molecule has 9 heteroatoms. The van der Waals surface area contributed by atoms with Crippen LogP contribution in [-0.4, -0.2) is 51.4 Å². The van der Waals surface area contributed by atoms with Crippen molar-refractivity contribution in [3.05, 3.63) is 126 Å². The molecule has 0 aliphatic carbocycles. The molecule has 4 aromatic rings. The van der Waals surface area contributed by atoms with E-state index in [4.69, 9.17) is 4.74 Å². The van der Waals surface area contributed by atoms with Crippen LogP contribution in [-0.2, 0) is 32.6 Å². The van der Waals surface area contributed by atoms with Crippen LogP contribution in [0.4, 0.5) is 5.69 Å². The average Bonchev–Trinajstić information content (AvgIpc) is 3.03. The SMILES string of the molecule is CCOc1ccc(S(=O)(=O)N(CC(=O)N(Cc2ccccc2)[C@@H](Cc2ccccc2)C(=O)NC)c2ccccc2)cc1. The zero-order valence-electron chi connectivity index (χ0n) is 23.7. The highest BCUT2D eigenvalue weighted by Gasteiger charge is 2.34. The summed E-state index contributed by atoms with van der Waals surface area (Å²) in [6.07, 6.45) is 0.260. The van der Waals surface area contributed by atoms with Crippen molar-refractivity contribution < 1.29 is 22.7 Å². The van der Waals surface area contributed by atoms with Crippen LogP contribution in [0.1, 0.15) is 18.1 Å². The van der Waals surface area contributed by atoms with Crippen LogP contribution in [0.3, 0.4) is 0 Å². The van der Waals surface area contributed by atoms with Crippen LogP contribution in [0.5, 0.6) is 5.75 Å². The predicted octanol–water partition coefficient (Wildman–Crippen LogP) is 4.67. The van der Waals surface area contributed by atoms with E-state index in [2.05, 4.69) is 5.32 Å². The number of anilines is 1. The molecule has 8 nitrogen and oxygen atoms in total. The monoisotopic (exact) mass is 585 g/mol. The summed E-state index contributed by atoms with van der Waals surface area (Å²) in [7, 11) is -2.64. The number of para-hydroxylation sites is 1. The Kier molecular flexibility index (Phi) is 10.3. The molecule has 0 aliphatic heterocycles. The largest absolute Gasteiger partial charge is 0.494 e. The van der Waals surface area contributed by atoms with Crippen molar-refractivity contribution in [1.82, 2.24) is 10.2 Å². The first-order valence-corrected chi connectivity index (χ1v) is 15.2. The Morgan fingerprint density at radius 3 is 1.88 bits per heavy atom. The molecule has 0 unspecified atom stereocenters. The number of nitrogens with zero attached hydrogens (tertiary/aromatic N) is 2. The zero-order chi connectivity index (χ0) is 30.0. The van der Waals surface area contributed by atoms with E-state index in [1.807, 2.05) is 67.6 Å². The summed E-state index contributed by atoms with van der Waals surface area (Å²) in [6.45, 7) is 1.91. The number of ether oxygens (including phenoxy) is 1. The van der Waals surface area contributed by atoms with Crippen molar-refractivity contribution in [2.24, 2.45) is 0 Å². The standard InChI is InChI=1S/C33H35N3O5S/c1-3-41-29-19-21-30(22-20-29)42(39,40)36(28-17-11-6-12-18-28)25-32(37)35(24-27-15-9-5-10-16-27)31(33(38)34-2)23-26-13-7-4-8-14-26/h4-22,31H,3,23-25H2,1-2H3,(H,34,38)/t31-/m0/s1. The van der Waals surface area contributed by atoms with Crippen LogP contribution >= 0.6 is 0 Å². The fourth-order valence-electron chi connectivity index (χ4n) is 4.63. The van der Waals surface area contributed by atoms with Crippen LogP contribution in [0.25, 0.3) is 0 Å². The second kappa shape index (κ2) is 14.3. The number of carbonyl (C=O) groups excluding carboxylic acids is 2. The maximum atomic E-state index is 14.2. The fourth-order valence-corrected chi connectivity index (χ4v) is 6.04. The lowest BCUT2D eigenvalue weighted by atomic mass is 10.0. The Bertz CT molecular complexity index is 1550. The van der Waals surface area contributed by atoms with Crippen molar-refractivity contribution in [2.75, 3.05) is 24.5 Å². The number of amides is 2. The molecule has 1 atom stereocenters. The minimum Gasteiger partial charge on any atom is -0.494 e. The van der Waals surface area contributed by atoms with E-state index in [1.165, 1.54) is 24.1 Å². The van der Waals surface area contributed by atoms with Gasteiger partial charge in [-0.1, -0.05) is 78.9 Å². The Labute approximate surface area is 247 Å². The fraction of sp³-hybridized carbons (Fsp3) is 0.212. The second-order valence-electron chi connectivity index (χ2n) is 9.58. The van der Waals surface area contributed by atoms with E-state index in [9.17, 15) is 18.0 Å². The maximum Gasteiger partial charge on any atom is 0.264 e. The lowest BCUT2D eigenvalue weighted by Crippen LogP contribution is -2.53. The Morgan fingerprint density at radius 1 is 0.786 bits per heavy atom. The van der Waals surface area contributed by atoms with E-state index >= 15 is 0 Å². The molecule has 0 heterocycles. The molecule has 42 heavy (non-hydrogen) atoms. The summed E-state index contributed by atoms with van der Waals surface area (Å²) in [5.74, 6) is -0.312. The first-order valence-electron chi connectivity index (χ1n) is 13.7. The summed E-state index contributed by atoms with van der Waals surface area (Å²) in [6, 6.07) is 32.5. The van der Waals surface area contributed by atoms with Gasteiger partial charge in [-0.15, -0.1) is 0 Å². The molecule has 0 spiro atoms. The van der Waals surface area contributed by atoms with Crippen LogP contribution in [0.2, 0.25) is 0 Å². The highest BCUT2D eigenvalue weighted by molar-refractivity contribution is 7.92. The lowest BCUT2D eigenvalue weighted by Gasteiger charge is -2.33. The van der Waals surface area contributed by atoms with Gasteiger partial charge in [0.25, 0.3) is 10.0 Å². The minimum atomic E-state index is -4.17. The molecule has 1 N–H and O–H groups in total. The second-order valence-corrected chi connectivity index (χ2v) is 11.4. The summed E-state index contributed by atoms with van der Waals surface area (Å²) >= 11 is 0. The zero-order valence-corrected chi connectivity index (χ0v) is 24.5. The van der Waals surface area contributed by atoms with Crippen molar-refractivity contribution >= 4 is 27.5 Å². The van der Waals surface area contributed by atoms with Crippen LogP contribution in [0, 0.1) is 0 Å².